The zero-order valence-corrected chi connectivity index (χ0v) is 15.3. The standard InChI is InChI=1S/C17H19BrF2N2S/c1-2-3-7-23-22-16(17-15(18)5-4-6-21-17)10-12-8-13(19)11-14(20)9-12/h4-6,8-9,11,16,22H,2-3,7,10H2,1H3. The van der Waals surface area contributed by atoms with Gasteiger partial charge in [0, 0.05) is 22.5 Å². The second-order valence-corrected chi connectivity index (χ2v) is 7.01. The van der Waals surface area contributed by atoms with Crippen LogP contribution in [0, 0.1) is 11.6 Å². The van der Waals surface area contributed by atoms with E-state index in [0.29, 0.717) is 12.0 Å². The molecule has 0 amide bonds. The first-order chi connectivity index (χ1) is 11.1. The molecule has 1 heterocycles. The van der Waals surface area contributed by atoms with Gasteiger partial charge in [0.1, 0.15) is 11.6 Å². The Labute approximate surface area is 148 Å². The number of rotatable bonds is 8. The molecule has 1 atom stereocenters. The van der Waals surface area contributed by atoms with Gasteiger partial charge in [-0.05, 0) is 58.6 Å². The van der Waals surface area contributed by atoms with Crippen molar-refractivity contribution in [1.82, 2.24) is 9.71 Å². The summed E-state index contributed by atoms with van der Waals surface area (Å²) in [7, 11) is 0. The number of benzene rings is 1. The lowest BCUT2D eigenvalue weighted by atomic mass is 10.0. The summed E-state index contributed by atoms with van der Waals surface area (Å²) in [6, 6.07) is 7.25. The SMILES string of the molecule is CCCCSNC(Cc1cc(F)cc(F)c1)c1ncccc1Br. The highest BCUT2D eigenvalue weighted by atomic mass is 79.9. The fraction of sp³-hybridized carbons (Fsp3) is 0.353. The number of nitrogens with one attached hydrogen (secondary N) is 1. The van der Waals surface area contributed by atoms with Crippen molar-refractivity contribution in [2.24, 2.45) is 0 Å². The van der Waals surface area contributed by atoms with Crippen molar-refractivity contribution in [1.29, 1.82) is 0 Å². The van der Waals surface area contributed by atoms with Crippen molar-refractivity contribution in [3.05, 3.63) is 63.9 Å². The summed E-state index contributed by atoms with van der Waals surface area (Å²) in [6.45, 7) is 2.14. The van der Waals surface area contributed by atoms with E-state index in [0.717, 1.165) is 34.8 Å². The van der Waals surface area contributed by atoms with Crippen LogP contribution in [0.1, 0.15) is 37.1 Å². The summed E-state index contributed by atoms with van der Waals surface area (Å²) in [6.07, 6.45) is 4.42. The highest BCUT2D eigenvalue weighted by Crippen LogP contribution is 2.26. The van der Waals surface area contributed by atoms with Gasteiger partial charge in [0.2, 0.25) is 0 Å². The zero-order chi connectivity index (χ0) is 16.7. The summed E-state index contributed by atoms with van der Waals surface area (Å²) < 4.78 is 31.1. The molecule has 0 spiro atoms. The van der Waals surface area contributed by atoms with Crippen molar-refractivity contribution < 1.29 is 8.78 Å². The van der Waals surface area contributed by atoms with Crippen molar-refractivity contribution in [3.8, 4) is 0 Å². The quantitative estimate of drug-likeness (QED) is 0.471. The second kappa shape index (κ2) is 9.35. The Morgan fingerprint density at radius 3 is 2.65 bits per heavy atom. The van der Waals surface area contributed by atoms with Crippen molar-refractivity contribution in [2.45, 2.75) is 32.2 Å². The van der Waals surface area contributed by atoms with Gasteiger partial charge in [-0.2, -0.15) is 0 Å². The molecule has 23 heavy (non-hydrogen) atoms. The summed E-state index contributed by atoms with van der Waals surface area (Å²) in [5.41, 5.74) is 1.44. The zero-order valence-electron chi connectivity index (χ0n) is 12.9. The predicted octanol–water partition coefficient (Wildman–Crippen LogP) is 5.44. The van der Waals surface area contributed by atoms with Crippen LogP contribution in [0.4, 0.5) is 8.78 Å². The van der Waals surface area contributed by atoms with Crippen LogP contribution in [0.15, 0.2) is 41.0 Å². The van der Waals surface area contributed by atoms with E-state index in [1.165, 1.54) is 12.1 Å². The largest absolute Gasteiger partial charge is 0.258 e. The van der Waals surface area contributed by atoms with Crippen LogP contribution < -0.4 is 4.72 Å². The van der Waals surface area contributed by atoms with E-state index in [2.05, 4.69) is 32.6 Å². The number of hydrogen-bond donors (Lipinski definition) is 1. The number of nitrogens with zero attached hydrogens (tertiary/aromatic N) is 1. The van der Waals surface area contributed by atoms with Crippen LogP contribution in [0.5, 0.6) is 0 Å². The van der Waals surface area contributed by atoms with E-state index in [-0.39, 0.29) is 6.04 Å². The van der Waals surface area contributed by atoms with Gasteiger partial charge in [0.05, 0.1) is 11.7 Å². The molecule has 6 heteroatoms. The predicted molar refractivity (Wildman–Crippen MR) is 95.2 cm³/mol. The van der Waals surface area contributed by atoms with Crippen LogP contribution in [0.2, 0.25) is 0 Å². The lowest BCUT2D eigenvalue weighted by Crippen LogP contribution is -2.19. The molecule has 1 aromatic heterocycles. The summed E-state index contributed by atoms with van der Waals surface area (Å²) >= 11 is 5.12. The maximum Gasteiger partial charge on any atom is 0.126 e. The number of halogens is 3. The van der Waals surface area contributed by atoms with Gasteiger partial charge in [0.15, 0.2) is 0 Å². The van der Waals surface area contributed by atoms with Crippen LogP contribution >= 0.6 is 27.9 Å². The van der Waals surface area contributed by atoms with Crippen molar-refractivity contribution >= 4 is 27.9 Å². The normalized spacial score (nSPS) is 12.3. The Kier molecular flexibility index (Phi) is 7.46. The van der Waals surface area contributed by atoms with E-state index in [1.54, 1.807) is 18.1 Å². The molecule has 0 fully saturated rings. The van der Waals surface area contributed by atoms with Crippen LogP contribution in [-0.4, -0.2) is 10.7 Å². The molecule has 2 nitrogen and oxygen atoms in total. The fourth-order valence-corrected chi connectivity index (χ4v) is 3.67. The number of unbranched alkanes of at least 4 members (excludes halogenated alkanes) is 1. The van der Waals surface area contributed by atoms with E-state index in [4.69, 9.17) is 0 Å². The van der Waals surface area contributed by atoms with Crippen LogP contribution in [0.25, 0.3) is 0 Å². The van der Waals surface area contributed by atoms with Crippen LogP contribution in [-0.2, 0) is 6.42 Å². The third kappa shape index (κ3) is 5.86. The molecule has 0 aliphatic rings. The maximum absolute atomic E-state index is 13.4. The smallest absolute Gasteiger partial charge is 0.126 e. The van der Waals surface area contributed by atoms with Gasteiger partial charge in [0.25, 0.3) is 0 Å². The minimum absolute atomic E-state index is 0.131. The molecule has 0 radical (unpaired) electrons. The van der Waals surface area contributed by atoms with E-state index < -0.39 is 11.6 Å². The minimum Gasteiger partial charge on any atom is -0.258 e. The maximum atomic E-state index is 13.4. The molecule has 0 saturated carbocycles. The van der Waals surface area contributed by atoms with Gasteiger partial charge in [-0.3, -0.25) is 9.71 Å². The van der Waals surface area contributed by atoms with Gasteiger partial charge in [-0.1, -0.05) is 25.3 Å². The van der Waals surface area contributed by atoms with Gasteiger partial charge >= 0.3 is 0 Å². The number of hydrogen-bond acceptors (Lipinski definition) is 3. The lowest BCUT2D eigenvalue weighted by molar-refractivity contribution is 0.572. The van der Waals surface area contributed by atoms with E-state index in [9.17, 15) is 8.78 Å². The van der Waals surface area contributed by atoms with Crippen molar-refractivity contribution in [2.75, 3.05) is 5.75 Å². The first-order valence-corrected chi connectivity index (χ1v) is 9.30. The molecule has 0 aliphatic carbocycles. The molecule has 1 unspecified atom stereocenters. The van der Waals surface area contributed by atoms with Gasteiger partial charge < -0.3 is 0 Å². The minimum atomic E-state index is -0.558. The molecule has 0 saturated heterocycles. The average molecular weight is 401 g/mol. The molecule has 0 aliphatic heterocycles. The summed E-state index contributed by atoms with van der Waals surface area (Å²) in [4.78, 5) is 4.41. The third-order valence-electron chi connectivity index (χ3n) is 3.30. The van der Waals surface area contributed by atoms with E-state index >= 15 is 0 Å². The Bertz CT molecular complexity index is 619. The molecule has 1 aromatic carbocycles. The van der Waals surface area contributed by atoms with Gasteiger partial charge in [-0.25, -0.2) is 8.78 Å². The Balaban J connectivity index is 2.17. The van der Waals surface area contributed by atoms with Crippen molar-refractivity contribution in [3.63, 3.8) is 0 Å². The topological polar surface area (TPSA) is 24.9 Å². The molecule has 2 rings (SSSR count). The Morgan fingerprint density at radius 2 is 2.00 bits per heavy atom. The lowest BCUT2D eigenvalue weighted by Gasteiger charge is -2.19. The molecular formula is C17H19BrF2N2S. The van der Waals surface area contributed by atoms with Gasteiger partial charge in [-0.15, -0.1) is 0 Å². The number of aromatic nitrogens is 1. The first kappa shape index (κ1) is 18.4. The van der Waals surface area contributed by atoms with Crippen LogP contribution in [0.3, 0.4) is 0 Å². The summed E-state index contributed by atoms with van der Waals surface area (Å²) in [5, 5.41) is 0. The first-order valence-electron chi connectivity index (χ1n) is 7.53. The molecule has 124 valence electrons. The van der Waals surface area contributed by atoms with E-state index in [1.807, 2.05) is 12.1 Å². The monoisotopic (exact) mass is 400 g/mol. The highest BCUT2D eigenvalue weighted by molar-refractivity contribution is 9.10. The fourth-order valence-electron chi connectivity index (χ4n) is 2.19. The second-order valence-electron chi connectivity index (χ2n) is 5.22. The highest BCUT2D eigenvalue weighted by Gasteiger charge is 2.17. The Hall–Kier alpha value is -0.980. The third-order valence-corrected chi connectivity index (χ3v) is 4.92. The summed E-state index contributed by atoms with van der Waals surface area (Å²) in [5.74, 6) is -0.135. The molecular weight excluding hydrogens is 382 g/mol. The molecule has 2 aromatic rings. The molecule has 0 bridgehead atoms. The number of pyridine rings is 1. The average Bonchev–Trinajstić information content (AvgIpc) is 2.50. The molecule has 1 N–H and O–H groups in total. The Morgan fingerprint density at radius 1 is 1.26 bits per heavy atom.